The number of nitrogens with zero attached hydrogens (tertiary/aromatic N) is 2. The van der Waals surface area contributed by atoms with Crippen LogP contribution in [-0.4, -0.2) is 46.6 Å². The van der Waals surface area contributed by atoms with Crippen molar-refractivity contribution in [3.8, 4) is 5.75 Å². The third-order valence-corrected chi connectivity index (χ3v) is 4.50. The number of aromatic hydroxyl groups is 1. The van der Waals surface area contributed by atoms with E-state index in [0.717, 1.165) is 17.5 Å². The van der Waals surface area contributed by atoms with E-state index in [-0.39, 0.29) is 18.3 Å². The molecule has 1 aromatic heterocycles. The van der Waals surface area contributed by atoms with E-state index in [1.54, 1.807) is 60.7 Å². The van der Waals surface area contributed by atoms with E-state index in [1.165, 1.54) is 0 Å². The minimum atomic E-state index is -0.762. The van der Waals surface area contributed by atoms with Crippen molar-refractivity contribution < 1.29 is 19.4 Å². The molecule has 7 nitrogen and oxygen atoms in total. The van der Waals surface area contributed by atoms with Gasteiger partial charge in [0.2, 0.25) is 5.91 Å². The lowest BCUT2D eigenvalue weighted by molar-refractivity contribution is -0.132. The van der Waals surface area contributed by atoms with Gasteiger partial charge in [0.25, 0.3) is 0 Å². The molecular weight excluding hydrogens is 370 g/mol. The molecule has 0 radical (unpaired) electrons. The van der Waals surface area contributed by atoms with Crippen molar-refractivity contribution in [3.63, 3.8) is 0 Å². The molecular formula is C22H29N3O4. The quantitative estimate of drug-likeness (QED) is 0.676. The second-order valence-electron chi connectivity index (χ2n) is 7.44. The first kappa shape index (κ1) is 22.2. The van der Waals surface area contributed by atoms with Gasteiger partial charge < -0.3 is 20.1 Å². The van der Waals surface area contributed by atoms with E-state index in [0.29, 0.717) is 18.9 Å². The predicted molar refractivity (Wildman–Crippen MR) is 110 cm³/mol. The molecule has 1 aromatic carbocycles. The van der Waals surface area contributed by atoms with Crippen LogP contribution in [0.1, 0.15) is 31.4 Å². The highest BCUT2D eigenvalue weighted by Crippen LogP contribution is 2.13. The Bertz CT molecular complexity index is 778. The smallest absolute Gasteiger partial charge is 0.408 e. The first-order valence-electron chi connectivity index (χ1n) is 9.70. The number of benzene rings is 1. The van der Waals surface area contributed by atoms with Crippen LogP contribution in [0.3, 0.4) is 0 Å². The molecule has 0 aliphatic carbocycles. The van der Waals surface area contributed by atoms with Crippen LogP contribution >= 0.6 is 0 Å². The number of pyridine rings is 1. The van der Waals surface area contributed by atoms with Gasteiger partial charge in [-0.1, -0.05) is 26.0 Å². The molecule has 1 heterocycles. The van der Waals surface area contributed by atoms with E-state index in [1.807, 2.05) is 0 Å². The van der Waals surface area contributed by atoms with Crippen LogP contribution in [-0.2, 0) is 22.6 Å². The maximum absolute atomic E-state index is 12.9. The van der Waals surface area contributed by atoms with Crippen LogP contribution in [0.15, 0.2) is 48.8 Å². The predicted octanol–water partition coefficient (Wildman–Crippen LogP) is 3.13. The van der Waals surface area contributed by atoms with Gasteiger partial charge in [0.05, 0.1) is 0 Å². The first-order valence-corrected chi connectivity index (χ1v) is 9.70. The van der Waals surface area contributed by atoms with E-state index in [2.05, 4.69) is 24.1 Å². The number of ether oxygens (including phenoxy) is 1. The lowest BCUT2D eigenvalue weighted by Gasteiger charge is -2.25. The van der Waals surface area contributed by atoms with Gasteiger partial charge in [0.1, 0.15) is 18.4 Å². The minimum Gasteiger partial charge on any atom is -0.508 e. The van der Waals surface area contributed by atoms with Crippen molar-refractivity contribution >= 4 is 12.0 Å². The summed E-state index contributed by atoms with van der Waals surface area (Å²) in [7, 11) is 1.73. The summed E-state index contributed by atoms with van der Waals surface area (Å²) in [4.78, 5) is 30.8. The fraction of sp³-hybridized carbons (Fsp3) is 0.409. The van der Waals surface area contributed by atoms with Gasteiger partial charge in [-0.2, -0.15) is 0 Å². The Morgan fingerprint density at radius 2 is 1.76 bits per heavy atom. The van der Waals surface area contributed by atoms with Crippen molar-refractivity contribution in [2.24, 2.45) is 5.92 Å². The van der Waals surface area contributed by atoms with Gasteiger partial charge in [-0.3, -0.25) is 9.78 Å². The number of hydrogen-bond donors (Lipinski definition) is 2. The molecule has 0 spiro atoms. The van der Waals surface area contributed by atoms with Crippen molar-refractivity contribution in [2.45, 2.75) is 39.3 Å². The molecule has 0 aliphatic heterocycles. The standard InChI is InChI=1S/C22H29N3O4/c1-16(2)10-13-25(3)21(27)20(14-17-4-6-19(26)7-5-17)24-22(28)29-15-18-8-11-23-12-9-18/h4-9,11-12,16,20,26H,10,13-15H2,1-3H3,(H,24,28)/t20-/m0/s1. The Hall–Kier alpha value is -3.09. The number of alkyl carbamates (subject to hydrolysis) is 1. The van der Waals surface area contributed by atoms with Crippen molar-refractivity contribution in [1.29, 1.82) is 0 Å². The summed E-state index contributed by atoms with van der Waals surface area (Å²) in [6.07, 6.45) is 3.77. The van der Waals surface area contributed by atoms with Gasteiger partial charge in [-0.05, 0) is 47.7 Å². The lowest BCUT2D eigenvalue weighted by Crippen LogP contribution is -2.49. The number of likely N-dealkylation sites (N-methyl/N-ethyl adjacent to an activating group) is 1. The molecule has 2 amide bonds. The maximum atomic E-state index is 12.9. The molecule has 29 heavy (non-hydrogen) atoms. The number of amides is 2. The molecule has 0 unspecified atom stereocenters. The molecule has 0 saturated carbocycles. The number of phenolic OH excluding ortho intramolecular Hbond substituents is 1. The largest absolute Gasteiger partial charge is 0.508 e. The van der Waals surface area contributed by atoms with Gasteiger partial charge in [0, 0.05) is 32.4 Å². The lowest BCUT2D eigenvalue weighted by atomic mass is 10.0. The van der Waals surface area contributed by atoms with Gasteiger partial charge in [-0.15, -0.1) is 0 Å². The van der Waals surface area contributed by atoms with E-state index in [9.17, 15) is 14.7 Å². The molecule has 2 rings (SSSR count). The number of rotatable bonds is 9. The van der Waals surface area contributed by atoms with Crippen LogP contribution in [0.4, 0.5) is 4.79 Å². The Kier molecular flexibility index (Phi) is 8.45. The molecule has 1 atom stereocenters. The summed E-state index contributed by atoms with van der Waals surface area (Å²) in [5.41, 5.74) is 1.64. The van der Waals surface area contributed by atoms with Crippen LogP contribution in [0.25, 0.3) is 0 Å². The van der Waals surface area contributed by atoms with Gasteiger partial charge >= 0.3 is 6.09 Å². The Labute approximate surface area is 171 Å². The number of carbonyl (C=O) groups is 2. The summed E-state index contributed by atoms with van der Waals surface area (Å²) in [6.45, 7) is 4.90. The van der Waals surface area contributed by atoms with E-state index < -0.39 is 12.1 Å². The first-order chi connectivity index (χ1) is 13.8. The third kappa shape index (κ3) is 7.81. The second-order valence-corrected chi connectivity index (χ2v) is 7.44. The highest BCUT2D eigenvalue weighted by atomic mass is 16.5. The Balaban J connectivity index is 2.03. The third-order valence-electron chi connectivity index (χ3n) is 4.50. The van der Waals surface area contributed by atoms with Crippen LogP contribution in [0.2, 0.25) is 0 Å². The normalized spacial score (nSPS) is 11.7. The van der Waals surface area contributed by atoms with Crippen LogP contribution in [0, 0.1) is 5.92 Å². The number of nitrogens with one attached hydrogen (secondary N) is 1. The minimum absolute atomic E-state index is 0.0949. The molecule has 0 fully saturated rings. The average molecular weight is 399 g/mol. The fourth-order valence-corrected chi connectivity index (χ4v) is 2.71. The van der Waals surface area contributed by atoms with Crippen molar-refractivity contribution in [1.82, 2.24) is 15.2 Å². The second kappa shape index (κ2) is 11.0. The summed E-state index contributed by atoms with van der Waals surface area (Å²) in [5, 5.41) is 12.2. The molecule has 0 bridgehead atoms. The summed E-state index contributed by atoms with van der Waals surface area (Å²) in [5.74, 6) is 0.439. The number of carbonyl (C=O) groups excluding carboxylic acids is 2. The molecule has 156 valence electrons. The van der Waals surface area contributed by atoms with Gasteiger partial charge in [-0.25, -0.2) is 4.79 Å². The molecule has 2 N–H and O–H groups in total. The number of aromatic nitrogens is 1. The summed E-state index contributed by atoms with van der Waals surface area (Å²) >= 11 is 0. The Morgan fingerprint density at radius 1 is 1.10 bits per heavy atom. The highest BCUT2D eigenvalue weighted by molar-refractivity contribution is 5.85. The molecule has 0 saturated heterocycles. The SMILES string of the molecule is CC(C)CCN(C)C(=O)[C@H](Cc1ccc(O)cc1)NC(=O)OCc1ccncc1. The number of hydrogen-bond acceptors (Lipinski definition) is 5. The summed E-state index contributed by atoms with van der Waals surface area (Å²) in [6, 6.07) is 9.32. The average Bonchev–Trinajstić information content (AvgIpc) is 2.71. The maximum Gasteiger partial charge on any atom is 0.408 e. The van der Waals surface area contributed by atoms with Crippen LogP contribution < -0.4 is 5.32 Å². The summed E-state index contributed by atoms with van der Waals surface area (Å²) < 4.78 is 5.25. The topological polar surface area (TPSA) is 91.8 Å². The van der Waals surface area contributed by atoms with E-state index in [4.69, 9.17) is 4.74 Å². The van der Waals surface area contributed by atoms with Crippen molar-refractivity contribution in [2.75, 3.05) is 13.6 Å². The zero-order chi connectivity index (χ0) is 21.2. The monoisotopic (exact) mass is 399 g/mol. The zero-order valence-electron chi connectivity index (χ0n) is 17.2. The zero-order valence-corrected chi connectivity index (χ0v) is 17.2. The van der Waals surface area contributed by atoms with Gasteiger partial charge in [0.15, 0.2) is 0 Å². The molecule has 0 aliphatic rings. The number of phenols is 1. The fourth-order valence-electron chi connectivity index (χ4n) is 2.71. The molecule has 7 heteroatoms. The Morgan fingerprint density at radius 3 is 2.38 bits per heavy atom. The van der Waals surface area contributed by atoms with Crippen molar-refractivity contribution in [3.05, 3.63) is 59.9 Å². The molecule has 2 aromatic rings. The van der Waals surface area contributed by atoms with E-state index >= 15 is 0 Å². The highest BCUT2D eigenvalue weighted by Gasteiger charge is 2.25. The van der Waals surface area contributed by atoms with Crippen LogP contribution in [0.5, 0.6) is 5.75 Å².